The lowest BCUT2D eigenvalue weighted by Gasteiger charge is -2.13. The number of aromatic nitrogens is 2. The molecule has 2 aromatic rings. The quantitative estimate of drug-likeness (QED) is 0.413. The molecule has 0 aliphatic carbocycles. The minimum absolute atomic E-state index is 0.00545. The first kappa shape index (κ1) is 23.3. The Labute approximate surface area is 185 Å². The van der Waals surface area contributed by atoms with Crippen molar-refractivity contribution in [2.45, 2.75) is 24.9 Å². The Morgan fingerprint density at radius 1 is 1.38 bits per heavy atom. The molecule has 1 N–H and O–H groups in total. The van der Waals surface area contributed by atoms with Gasteiger partial charge in [-0.25, -0.2) is 14.2 Å². The number of likely N-dealkylation sites (N-methyl/N-ethyl adjacent to an activating group) is 1. The second-order valence-corrected chi connectivity index (χ2v) is 7.42. The molecule has 1 atom stereocenters. The molecule has 1 amide bonds. The Balaban J connectivity index is 1.95. The van der Waals surface area contributed by atoms with Crippen molar-refractivity contribution >= 4 is 11.9 Å². The number of amides is 1. The van der Waals surface area contributed by atoms with Gasteiger partial charge >= 0.3 is 5.97 Å². The zero-order chi connectivity index (χ0) is 23.3. The van der Waals surface area contributed by atoms with Crippen LogP contribution in [0.2, 0.25) is 0 Å². The van der Waals surface area contributed by atoms with E-state index < -0.39 is 23.3 Å². The van der Waals surface area contributed by atoms with Crippen LogP contribution >= 0.6 is 0 Å². The van der Waals surface area contributed by atoms with E-state index in [0.29, 0.717) is 37.3 Å². The number of halogens is 1. The first-order valence-electron chi connectivity index (χ1n) is 10.0. The lowest BCUT2D eigenvalue weighted by molar-refractivity contribution is -0.137. The maximum absolute atomic E-state index is 14.6. The van der Waals surface area contributed by atoms with Gasteiger partial charge in [-0.05, 0) is 31.0 Å². The molecular weight excluding hydrogens is 417 g/mol. The molecule has 0 radical (unpaired) electrons. The third kappa shape index (κ3) is 4.93. The van der Waals surface area contributed by atoms with E-state index in [-0.39, 0.29) is 23.4 Å². The Kier molecular flexibility index (Phi) is 7.18. The molecule has 9 heteroatoms. The van der Waals surface area contributed by atoms with E-state index in [0.717, 1.165) is 0 Å². The van der Waals surface area contributed by atoms with Crippen molar-refractivity contribution in [2.24, 2.45) is 0 Å². The molecule has 0 unspecified atom stereocenters. The Morgan fingerprint density at radius 3 is 2.81 bits per heavy atom. The van der Waals surface area contributed by atoms with Gasteiger partial charge in [0.25, 0.3) is 5.91 Å². The maximum atomic E-state index is 14.6. The molecule has 8 nitrogen and oxygen atoms in total. The summed E-state index contributed by atoms with van der Waals surface area (Å²) in [4.78, 5) is 34.3. The van der Waals surface area contributed by atoms with Gasteiger partial charge in [0.15, 0.2) is 5.69 Å². The normalized spacial score (nSPS) is 17.8. The molecule has 1 aliphatic rings. The number of ether oxygens (including phenoxy) is 2. The van der Waals surface area contributed by atoms with Crippen molar-refractivity contribution in [1.82, 2.24) is 14.9 Å². The predicted octanol–water partition coefficient (Wildman–Crippen LogP) is 1.59. The topological polar surface area (TPSA) is 102 Å². The first-order chi connectivity index (χ1) is 15.3. The van der Waals surface area contributed by atoms with Crippen LogP contribution in [0.5, 0.6) is 0 Å². The van der Waals surface area contributed by atoms with Gasteiger partial charge in [-0.2, -0.15) is 0 Å². The predicted molar refractivity (Wildman–Crippen MR) is 113 cm³/mol. The number of carbonyl (C=O) groups excluding carboxylic acids is 2. The van der Waals surface area contributed by atoms with Crippen LogP contribution in [-0.2, 0) is 20.7 Å². The molecule has 0 saturated carbocycles. The van der Waals surface area contributed by atoms with Crippen LogP contribution in [0.4, 0.5) is 4.39 Å². The summed E-state index contributed by atoms with van der Waals surface area (Å²) in [6.07, 6.45) is 2.65. The van der Waals surface area contributed by atoms with Crippen LogP contribution in [0.15, 0.2) is 24.4 Å². The molecule has 32 heavy (non-hydrogen) atoms. The van der Waals surface area contributed by atoms with Gasteiger partial charge in [-0.1, -0.05) is 11.8 Å². The lowest BCUT2D eigenvalue weighted by atomic mass is 10.0. The molecule has 1 aliphatic heterocycles. The minimum atomic E-state index is -1.76. The van der Waals surface area contributed by atoms with Crippen LogP contribution in [0, 0.1) is 17.7 Å². The van der Waals surface area contributed by atoms with Crippen molar-refractivity contribution in [3.8, 4) is 23.1 Å². The van der Waals surface area contributed by atoms with Crippen molar-refractivity contribution in [2.75, 3.05) is 34.4 Å². The fraction of sp³-hybridized carbons (Fsp3) is 0.391. The van der Waals surface area contributed by atoms with E-state index in [4.69, 9.17) is 9.47 Å². The summed E-state index contributed by atoms with van der Waals surface area (Å²) in [6, 6.07) is 4.08. The van der Waals surface area contributed by atoms with Crippen molar-refractivity contribution < 1.29 is 28.6 Å². The number of carbonyl (C=O) groups is 2. The molecule has 1 aromatic heterocycles. The average Bonchev–Trinajstić information content (AvgIpc) is 3.06. The van der Waals surface area contributed by atoms with Gasteiger partial charge in [0.05, 0.1) is 24.7 Å². The third-order valence-corrected chi connectivity index (χ3v) is 5.15. The monoisotopic (exact) mass is 441 g/mol. The zero-order valence-electron chi connectivity index (χ0n) is 18.1. The van der Waals surface area contributed by atoms with E-state index in [1.54, 1.807) is 14.2 Å². The number of nitrogens with zero attached hydrogens (tertiary/aromatic N) is 3. The van der Waals surface area contributed by atoms with Crippen LogP contribution < -0.4 is 0 Å². The minimum Gasteiger partial charge on any atom is -0.464 e. The maximum Gasteiger partial charge on any atom is 0.358 e. The van der Waals surface area contributed by atoms with Crippen LogP contribution in [0.1, 0.15) is 34.6 Å². The number of rotatable bonds is 6. The summed E-state index contributed by atoms with van der Waals surface area (Å²) < 4.78 is 24.4. The molecule has 2 heterocycles. The van der Waals surface area contributed by atoms with Gasteiger partial charge in [0.1, 0.15) is 5.82 Å². The Hall–Kier alpha value is -3.35. The zero-order valence-corrected chi connectivity index (χ0v) is 18.1. The van der Waals surface area contributed by atoms with E-state index in [9.17, 15) is 19.1 Å². The van der Waals surface area contributed by atoms with E-state index in [1.807, 2.05) is 0 Å². The first-order valence-corrected chi connectivity index (χ1v) is 10.0. The number of esters is 1. The highest BCUT2D eigenvalue weighted by Gasteiger charge is 2.42. The Morgan fingerprint density at radius 2 is 2.16 bits per heavy atom. The van der Waals surface area contributed by atoms with Gasteiger partial charge in [0.2, 0.25) is 5.60 Å². The third-order valence-electron chi connectivity index (χ3n) is 5.15. The second-order valence-electron chi connectivity index (χ2n) is 7.42. The van der Waals surface area contributed by atoms with E-state index in [2.05, 4.69) is 21.8 Å². The average molecular weight is 441 g/mol. The smallest absolute Gasteiger partial charge is 0.358 e. The number of aliphatic hydroxyl groups is 1. The van der Waals surface area contributed by atoms with E-state index >= 15 is 0 Å². The summed E-state index contributed by atoms with van der Waals surface area (Å²) in [5, 5.41) is 10.5. The molecular formula is C23H24FN3O5. The molecule has 0 spiro atoms. The summed E-state index contributed by atoms with van der Waals surface area (Å²) in [5.74, 6) is 3.62. The largest absolute Gasteiger partial charge is 0.464 e. The van der Waals surface area contributed by atoms with Crippen LogP contribution in [0.3, 0.4) is 0 Å². The Bertz CT molecular complexity index is 1090. The van der Waals surface area contributed by atoms with Crippen LogP contribution in [0.25, 0.3) is 11.3 Å². The molecule has 168 valence electrons. The summed E-state index contributed by atoms with van der Waals surface area (Å²) in [7, 11) is 4.40. The number of likely N-dealkylation sites (tertiary alicyclic amines) is 1. The molecule has 3 rings (SSSR count). The molecule has 1 fully saturated rings. The highest BCUT2D eigenvalue weighted by atomic mass is 19.1. The van der Waals surface area contributed by atoms with Crippen molar-refractivity contribution in [3.63, 3.8) is 0 Å². The standard InChI is InChI=1S/C23H24FN3O5/c1-27-11-10-23(30,22(27)29)9-8-15-6-7-17(24)16(13-15)19-14-25-18(5-4-12-31-2)20(26-19)21(28)32-3/h6-7,13-14,30H,4-5,10-12H2,1-3H3/t23-/m0/s1. The molecule has 1 saturated heterocycles. The summed E-state index contributed by atoms with van der Waals surface area (Å²) in [6.45, 7) is 0.894. The number of benzene rings is 1. The summed E-state index contributed by atoms with van der Waals surface area (Å²) in [5.41, 5.74) is -0.726. The van der Waals surface area contributed by atoms with Gasteiger partial charge in [0, 0.05) is 44.9 Å². The summed E-state index contributed by atoms with van der Waals surface area (Å²) >= 11 is 0. The molecule has 1 aromatic carbocycles. The van der Waals surface area contributed by atoms with Crippen molar-refractivity contribution in [1.29, 1.82) is 0 Å². The highest BCUT2D eigenvalue weighted by molar-refractivity contribution is 5.90. The fourth-order valence-electron chi connectivity index (χ4n) is 3.32. The van der Waals surface area contributed by atoms with Gasteiger partial charge < -0.3 is 19.5 Å². The van der Waals surface area contributed by atoms with Gasteiger partial charge in [-0.15, -0.1) is 0 Å². The number of methoxy groups -OCH3 is 2. The number of hydrogen-bond donors (Lipinski definition) is 1. The van der Waals surface area contributed by atoms with Crippen LogP contribution in [-0.4, -0.2) is 71.9 Å². The highest BCUT2D eigenvalue weighted by Crippen LogP contribution is 2.24. The number of hydrogen-bond acceptors (Lipinski definition) is 7. The lowest BCUT2D eigenvalue weighted by Crippen LogP contribution is -2.37. The SMILES string of the molecule is COCCCc1ncc(-c2cc(C#C[C@]3(O)CCN(C)C3=O)ccc2F)nc1C(=O)OC. The second kappa shape index (κ2) is 9.85. The van der Waals surface area contributed by atoms with Crippen molar-refractivity contribution in [3.05, 3.63) is 47.2 Å². The molecule has 0 bridgehead atoms. The number of aryl methyl sites for hydroxylation is 1. The van der Waals surface area contributed by atoms with Gasteiger partial charge in [-0.3, -0.25) is 9.78 Å². The fourth-order valence-corrected chi connectivity index (χ4v) is 3.32. The van der Waals surface area contributed by atoms with E-state index in [1.165, 1.54) is 36.4 Å².